The third kappa shape index (κ3) is 13.6. The van der Waals surface area contributed by atoms with Crippen LogP contribution >= 0.6 is 11.6 Å². The Morgan fingerprint density at radius 3 is 2.43 bits per heavy atom. The number of hydrazone groups is 1. The summed E-state index contributed by atoms with van der Waals surface area (Å²) >= 11 is 5.94. The SMILES string of the molecule is C=NCc1ccc2c(c1)OCC2.C=NN(CC(=O)Nc1ccc(C(F)(F)F)cc1Cl)C(=O)/C(=C(/CC)NC)N(CCC/C(O)=C(/C)N(C)C)CCNC=O. The lowest BCUT2D eigenvalue weighted by molar-refractivity contribution is -0.137. The van der Waals surface area contributed by atoms with Crippen LogP contribution < -0.4 is 20.7 Å². The van der Waals surface area contributed by atoms with Crippen LogP contribution in [-0.4, -0.2) is 106 Å². The van der Waals surface area contributed by atoms with Gasteiger partial charge < -0.3 is 35.6 Å². The Morgan fingerprint density at radius 1 is 1.13 bits per heavy atom. The molecule has 1 heterocycles. The Labute approximate surface area is 319 Å². The maximum atomic E-state index is 13.8. The van der Waals surface area contributed by atoms with Crippen LogP contribution in [0.5, 0.6) is 5.75 Å². The number of benzene rings is 2. The molecule has 0 aliphatic carbocycles. The summed E-state index contributed by atoms with van der Waals surface area (Å²) in [6.07, 6.45) is -1.86. The van der Waals surface area contributed by atoms with Crippen LogP contribution in [0.1, 0.15) is 49.8 Å². The van der Waals surface area contributed by atoms with E-state index in [2.05, 4.69) is 57.7 Å². The molecule has 0 aromatic heterocycles. The fourth-order valence-corrected chi connectivity index (χ4v) is 5.48. The second-order valence-corrected chi connectivity index (χ2v) is 12.6. The minimum Gasteiger partial charge on any atom is -0.511 e. The Bertz CT molecular complexity index is 1680. The molecule has 0 radical (unpaired) electrons. The van der Waals surface area contributed by atoms with Crippen molar-refractivity contribution in [3.8, 4) is 5.75 Å². The summed E-state index contributed by atoms with van der Waals surface area (Å²) in [7, 11) is 5.25. The first-order valence-corrected chi connectivity index (χ1v) is 17.5. The van der Waals surface area contributed by atoms with Crippen molar-refractivity contribution in [1.82, 2.24) is 25.4 Å². The number of aliphatic hydroxyl groups excluding tert-OH is 1. The van der Waals surface area contributed by atoms with Crippen LogP contribution in [-0.2, 0) is 33.5 Å². The molecule has 1 aliphatic heterocycles. The molecule has 0 atom stereocenters. The van der Waals surface area contributed by atoms with E-state index in [-0.39, 0.29) is 35.3 Å². The van der Waals surface area contributed by atoms with Crippen LogP contribution in [0.2, 0.25) is 5.02 Å². The van der Waals surface area contributed by atoms with Crippen molar-refractivity contribution in [2.45, 2.75) is 52.3 Å². The number of aliphatic imine (C=N–C) groups is 1. The molecule has 2 aromatic rings. The molecule has 0 fully saturated rings. The highest BCUT2D eigenvalue weighted by molar-refractivity contribution is 6.33. The second-order valence-electron chi connectivity index (χ2n) is 12.2. The average Bonchev–Trinajstić information content (AvgIpc) is 3.60. The third-order valence-corrected chi connectivity index (χ3v) is 8.64. The van der Waals surface area contributed by atoms with Crippen molar-refractivity contribution in [3.63, 3.8) is 0 Å². The first-order valence-electron chi connectivity index (χ1n) is 17.1. The van der Waals surface area contributed by atoms with E-state index in [0.29, 0.717) is 56.2 Å². The number of allylic oxidation sites excluding steroid dienone is 3. The van der Waals surface area contributed by atoms with Crippen molar-refractivity contribution in [3.05, 3.63) is 81.0 Å². The molecule has 0 bridgehead atoms. The first-order chi connectivity index (χ1) is 25.6. The number of carbonyl (C=O) groups excluding carboxylic acids is 3. The van der Waals surface area contributed by atoms with Crippen LogP contribution in [0.3, 0.4) is 0 Å². The number of hydrogen-bond acceptors (Lipinski definition) is 10. The van der Waals surface area contributed by atoms with Gasteiger partial charge in [0.1, 0.15) is 23.8 Å². The van der Waals surface area contributed by atoms with E-state index >= 15 is 0 Å². The number of nitrogens with zero attached hydrogens (tertiary/aromatic N) is 5. The molecular weight excluding hydrogens is 729 g/mol. The molecule has 1 aliphatic rings. The number of carbonyl (C=O) groups is 3. The molecule has 0 saturated carbocycles. The smallest absolute Gasteiger partial charge is 0.416 e. The number of ether oxygens (including phenoxy) is 1. The molecule has 3 rings (SSSR count). The normalized spacial score (nSPS) is 12.7. The highest BCUT2D eigenvalue weighted by Gasteiger charge is 2.31. The second kappa shape index (κ2) is 22.1. The number of halogens is 4. The molecule has 2 aromatic carbocycles. The molecule has 13 nitrogen and oxygen atoms in total. The van der Waals surface area contributed by atoms with Crippen molar-refractivity contribution >= 4 is 48.9 Å². The number of anilines is 1. The largest absolute Gasteiger partial charge is 0.511 e. The fourth-order valence-electron chi connectivity index (χ4n) is 5.25. The van der Waals surface area contributed by atoms with E-state index in [0.717, 1.165) is 35.9 Å². The monoisotopic (exact) mass is 778 g/mol. The Kier molecular flexibility index (Phi) is 18.4. The average molecular weight is 779 g/mol. The van der Waals surface area contributed by atoms with E-state index in [1.165, 1.54) is 11.1 Å². The van der Waals surface area contributed by atoms with Crippen LogP contribution in [0.25, 0.3) is 0 Å². The predicted molar refractivity (Wildman–Crippen MR) is 206 cm³/mol. The number of nitrogens with one attached hydrogen (secondary N) is 3. The summed E-state index contributed by atoms with van der Waals surface area (Å²) in [4.78, 5) is 44.8. The molecule has 0 unspecified atom stereocenters. The van der Waals surface area contributed by atoms with Gasteiger partial charge in [-0.15, -0.1) is 0 Å². The Balaban J connectivity index is 0.000000698. The molecule has 296 valence electrons. The number of amides is 3. The number of rotatable bonds is 19. The van der Waals surface area contributed by atoms with Gasteiger partial charge in [-0.1, -0.05) is 30.7 Å². The minimum absolute atomic E-state index is 0.0752. The number of alkyl halides is 3. The maximum absolute atomic E-state index is 13.8. The van der Waals surface area contributed by atoms with Gasteiger partial charge in [0, 0.05) is 71.7 Å². The van der Waals surface area contributed by atoms with Gasteiger partial charge in [-0.25, -0.2) is 5.01 Å². The van der Waals surface area contributed by atoms with Crippen molar-refractivity contribution in [2.75, 3.05) is 59.2 Å². The molecular formula is C37H50ClF3N8O5. The van der Waals surface area contributed by atoms with Crippen LogP contribution in [0.15, 0.2) is 69.3 Å². The van der Waals surface area contributed by atoms with Crippen molar-refractivity contribution in [1.29, 1.82) is 0 Å². The number of aliphatic hydroxyl groups is 1. The molecule has 0 spiro atoms. The van der Waals surface area contributed by atoms with E-state index in [1.807, 2.05) is 6.92 Å². The topological polar surface area (TPSA) is 151 Å². The Morgan fingerprint density at radius 2 is 1.85 bits per heavy atom. The summed E-state index contributed by atoms with van der Waals surface area (Å²) in [5.74, 6) is -0.237. The van der Waals surface area contributed by atoms with Gasteiger partial charge in [-0.3, -0.25) is 19.4 Å². The maximum Gasteiger partial charge on any atom is 0.416 e. The summed E-state index contributed by atoms with van der Waals surface area (Å²) in [6.45, 7) is 12.1. The van der Waals surface area contributed by atoms with Gasteiger partial charge in [-0.05, 0) is 61.9 Å². The first kappa shape index (κ1) is 44.9. The zero-order valence-electron chi connectivity index (χ0n) is 31.4. The molecule has 0 saturated heterocycles. The zero-order chi connectivity index (χ0) is 40.4. The van der Waals surface area contributed by atoms with Gasteiger partial charge in [-0.2, -0.15) is 18.3 Å². The van der Waals surface area contributed by atoms with Crippen LogP contribution in [0, 0.1) is 0 Å². The van der Waals surface area contributed by atoms with Crippen molar-refractivity contribution < 1.29 is 37.4 Å². The Hall–Kier alpha value is -5.25. The van der Waals surface area contributed by atoms with Gasteiger partial charge >= 0.3 is 6.18 Å². The summed E-state index contributed by atoms with van der Waals surface area (Å²) in [5.41, 5.74) is 2.82. The lowest BCUT2D eigenvalue weighted by atomic mass is 10.1. The fraction of sp³-hybridized carbons (Fsp3) is 0.432. The number of hydrogen-bond donors (Lipinski definition) is 4. The van der Waals surface area contributed by atoms with E-state index in [4.69, 9.17) is 16.3 Å². The molecule has 4 N–H and O–H groups in total. The van der Waals surface area contributed by atoms with Gasteiger partial charge in [0.25, 0.3) is 5.91 Å². The molecule has 17 heteroatoms. The lowest BCUT2D eigenvalue weighted by Crippen LogP contribution is -2.43. The molecule has 54 heavy (non-hydrogen) atoms. The molecule has 3 amide bonds. The lowest BCUT2D eigenvalue weighted by Gasteiger charge is -2.31. The van der Waals surface area contributed by atoms with Gasteiger partial charge in [0.15, 0.2) is 0 Å². The summed E-state index contributed by atoms with van der Waals surface area (Å²) in [5, 5.41) is 22.6. The third-order valence-electron chi connectivity index (χ3n) is 8.32. The minimum atomic E-state index is -4.61. The number of fused-ring (bicyclic) bond motifs is 1. The summed E-state index contributed by atoms with van der Waals surface area (Å²) in [6, 6.07) is 8.73. The van der Waals surface area contributed by atoms with E-state index < -0.39 is 30.1 Å². The highest BCUT2D eigenvalue weighted by Crippen LogP contribution is 2.34. The highest BCUT2D eigenvalue weighted by atomic mass is 35.5. The van der Waals surface area contributed by atoms with Gasteiger partial charge in [0.2, 0.25) is 12.3 Å². The quantitative estimate of drug-likeness (QED) is 0.0361. The standard InChI is InChI=1S/C27H39ClF3N7O4.C10H11NO/c1-7-21(32-3)25(37(14-12-34-17-39)13-8-9-23(40)18(2)36(5)6)26(42)38(33-4)16-24(41)35-22-11-10-19(15-20(22)28)27(29,30)31;1-11-7-8-2-3-9-4-5-12-10(9)6-8/h10-11,15,17,32,40H,4,7-9,12-14,16H2,1-3,5-6H3,(H,34,39)(H,35,41);2-3,6H,1,4-5,7H2/b23-18+,25-21+;. The summed E-state index contributed by atoms with van der Waals surface area (Å²) < 4.78 is 44.3. The van der Waals surface area contributed by atoms with Crippen molar-refractivity contribution in [2.24, 2.45) is 10.1 Å². The predicted octanol–water partition coefficient (Wildman–Crippen LogP) is 5.58. The van der Waals surface area contributed by atoms with E-state index in [9.17, 15) is 32.7 Å². The van der Waals surface area contributed by atoms with Crippen LogP contribution in [0.4, 0.5) is 18.9 Å². The van der Waals surface area contributed by atoms with E-state index in [1.54, 1.807) is 37.9 Å². The van der Waals surface area contributed by atoms with Gasteiger partial charge in [0.05, 0.1) is 29.4 Å². The zero-order valence-corrected chi connectivity index (χ0v) is 32.1.